The summed E-state index contributed by atoms with van der Waals surface area (Å²) >= 11 is 0. The predicted molar refractivity (Wildman–Crippen MR) is 89.9 cm³/mol. The Bertz CT molecular complexity index is 1040. The third kappa shape index (κ3) is 3.09. The van der Waals surface area contributed by atoms with E-state index in [1.807, 2.05) is 28.7 Å². The van der Waals surface area contributed by atoms with Crippen LogP contribution in [0.3, 0.4) is 0 Å². The first kappa shape index (κ1) is 15.0. The van der Waals surface area contributed by atoms with E-state index >= 15 is 0 Å². The van der Waals surface area contributed by atoms with Crippen LogP contribution in [-0.4, -0.2) is 36.9 Å². The Morgan fingerprint density at radius 1 is 1.16 bits per heavy atom. The number of nitrogens with one attached hydrogen (secondary N) is 1. The van der Waals surface area contributed by atoms with Crippen molar-refractivity contribution >= 4 is 22.5 Å². The van der Waals surface area contributed by atoms with Crippen LogP contribution in [0.4, 0.5) is 0 Å². The van der Waals surface area contributed by atoms with Crippen molar-refractivity contribution in [3.05, 3.63) is 61.1 Å². The average Bonchev–Trinajstić information content (AvgIpc) is 3.08. The average molecular weight is 334 g/mol. The zero-order valence-corrected chi connectivity index (χ0v) is 13.2. The van der Waals surface area contributed by atoms with Crippen LogP contribution >= 0.6 is 0 Å². The van der Waals surface area contributed by atoms with Crippen LogP contribution in [0.2, 0.25) is 0 Å². The highest BCUT2D eigenvalue weighted by Crippen LogP contribution is 2.20. The highest BCUT2D eigenvalue weighted by Gasteiger charge is 2.09. The summed E-state index contributed by atoms with van der Waals surface area (Å²) in [5.41, 5.74) is 2.36. The Balaban J connectivity index is 1.39. The number of para-hydroxylation sites is 1. The van der Waals surface area contributed by atoms with Gasteiger partial charge in [0.1, 0.15) is 6.33 Å². The first-order chi connectivity index (χ1) is 12.3. The summed E-state index contributed by atoms with van der Waals surface area (Å²) < 4.78 is 7.41. The molecule has 0 saturated carbocycles. The van der Waals surface area contributed by atoms with E-state index in [1.165, 1.54) is 6.33 Å². The van der Waals surface area contributed by atoms with Crippen molar-refractivity contribution in [3.8, 4) is 5.88 Å². The molecule has 0 fully saturated rings. The molecule has 8 nitrogen and oxygen atoms in total. The van der Waals surface area contributed by atoms with Gasteiger partial charge in [0.05, 0.1) is 35.5 Å². The van der Waals surface area contributed by atoms with Crippen molar-refractivity contribution in [3.63, 3.8) is 0 Å². The summed E-state index contributed by atoms with van der Waals surface area (Å²) in [6.45, 7) is 0.219. The third-order valence-corrected chi connectivity index (χ3v) is 3.71. The second-order valence-electron chi connectivity index (χ2n) is 5.32. The Kier molecular flexibility index (Phi) is 3.91. The molecule has 8 heteroatoms. The Hall–Kier alpha value is -3.55. The van der Waals surface area contributed by atoms with Crippen molar-refractivity contribution in [2.45, 2.75) is 6.54 Å². The minimum Gasteiger partial charge on any atom is -0.467 e. The van der Waals surface area contributed by atoms with Gasteiger partial charge >= 0.3 is 0 Å². The fourth-order valence-corrected chi connectivity index (χ4v) is 2.49. The van der Waals surface area contributed by atoms with Gasteiger partial charge in [-0.2, -0.15) is 0 Å². The van der Waals surface area contributed by atoms with E-state index in [0.29, 0.717) is 12.4 Å². The maximum atomic E-state index is 12.1. The van der Waals surface area contributed by atoms with Crippen LogP contribution in [0.1, 0.15) is 5.69 Å². The molecule has 0 spiro atoms. The molecule has 25 heavy (non-hydrogen) atoms. The molecule has 1 aromatic carbocycles. The van der Waals surface area contributed by atoms with Gasteiger partial charge < -0.3 is 10.1 Å². The standard InChI is InChI=1S/C17H14N6O2/c24-16(20-8-12-7-19-15-9-18-5-6-23(12)15)10-25-17-13-3-1-2-4-14(13)21-11-22-17/h1-7,9,11H,8,10H2,(H,20,24). The number of nitrogens with zero attached hydrogens (tertiary/aromatic N) is 5. The van der Waals surface area contributed by atoms with Gasteiger partial charge in [-0.3, -0.25) is 14.2 Å². The van der Waals surface area contributed by atoms with E-state index in [0.717, 1.165) is 22.2 Å². The number of carbonyl (C=O) groups excluding carboxylic acids is 1. The number of amides is 1. The van der Waals surface area contributed by atoms with Gasteiger partial charge in [0.25, 0.3) is 5.91 Å². The summed E-state index contributed by atoms with van der Waals surface area (Å²) in [6, 6.07) is 7.48. The third-order valence-electron chi connectivity index (χ3n) is 3.71. The lowest BCUT2D eigenvalue weighted by atomic mass is 10.2. The second kappa shape index (κ2) is 6.52. The van der Waals surface area contributed by atoms with E-state index in [9.17, 15) is 4.79 Å². The van der Waals surface area contributed by atoms with Crippen molar-refractivity contribution in [1.29, 1.82) is 0 Å². The van der Waals surface area contributed by atoms with Gasteiger partial charge in [-0.05, 0) is 12.1 Å². The lowest BCUT2D eigenvalue weighted by molar-refractivity contribution is -0.123. The van der Waals surface area contributed by atoms with Crippen molar-refractivity contribution in [2.75, 3.05) is 6.61 Å². The normalized spacial score (nSPS) is 10.9. The molecular weight excluding hydrogens is 320 g/mol. The summed E-state index contributed by atoms with van der Waals surface area (Å²) in [5.74, 6) is 0.147. The quantitative estimate of drug-likeness (QED) is 0.592. The van der Waals surface area contributed by atoms with E-state index in [1.54, 1.807) is 24.8 Å². The van der Waals surface area contributed by atoms with Crippen LogP contribution in [0, 0.1) is 0 Å². The van der Waals surface area contributed by atoms with Crippen LogP contribution in [0.25, 0.3) is 16.6 Å². The molecule has 4 rings (SSSR count). The number of hydrogen-bond donors (Lipinski definition) is 1. The molecule has 0 atom stereocenters. The maximum absolute atomic E-state index is 12.1. The molecule has 0 aliphatic heterocycles. The van der Waals surface area contributed by atoms with E-state index in [2.05, 4.69) is 25.3 Å². The number of fused-ring (bicyclic) bond motifs is 2. The zero-order valence-electron chi connectivity index (χ0n) is 13.2. The molecular formula is C17H14N6O2. The molecule has 0 radical (unpaired) electrons. The van der Waals surface area contributed by atoms with Gasteiger partial charge in [0.15, 0.2) is 12.3 Å². The van der Waals surface area contributed by atoms with Crippen molar-refractivity contribution in [1.82, 2.24) is 29.7 Å². The van der Waals surface area contributed by atoms with Gasteiger partial charge in [-0.25, -0.2) is 15.0 Å². The first-order valence-electron chi connectivity index (χ1n) is 7.66. The SMILES string of the molecule is O=C(COc1ncnc2ccccc12)NCc1cnc2cnccn12. The first-order valence-corrected chi connectivity index (χ1v) is 7.66. The number of rotatable bonds is 5. The van der Waals surface area contributed by atoms with Gasteiger partial charge in [0, 0.05) is 12.4 Å². The summed E-state index contributed by atoms with van der Waals surface area (Å²) in [6.07, 6.45) is 8.25. The highest BCUT2D eigenvalue weighted by atomic mass is 16.5. The van der Waals surface area contributed by atoms with Crippen LogP contribution < -0.4 is 10.1 Å². The molecule has 0 unspecified atom stereocenters. The minimum absolute atomic E-state index is 0.126. The molecule has 3 aromatic heterocycles. The van der Waals surface area contributed by atoms with Gasteiger partial charge in [0.2, 0.25) is 5.88 Å². The second-order valence-corrected chi connectivity index (χ2v) is 5.32. The van der Waals surface area contributed by atoms with Crippen LogP contribution in [-0.2, 0) is 11.3 Å². The zero-order chi connectivity index (χ0) is 17.1. The molecule has 0 saturated heterocycles. The number of benzene rings is 1. The monoisotopic (exact) mass is 334 g/mol. The van der Waals surface area contributed by atoms with E-state index in [4.69, 9.17) is 4.74 Å². The number of imidazole rings is 1. The predicted octanol–water partition coefficient (Wildman–Crippen LogP) is 1.37. The molecule has 3 heterocycles. The minimum atomic E-state index is -0.244. The number of aromatic nitrogens is 5. The highest BCUT2D eigenvalue weighted by molar-refractivity contribution is 5.83. The Morgan fingerprint density at radius 3 is 3.04 bits per heavy atom. The summed E-state index contributed by atoms with van der Waals surface area (Å²) in [7, 11) is 0. The molecule has 0 aliphatic carbocycles. The van der Waals surface area contributed by atoms with E-state index in [-0.39, 0.29) is 12.5 Å². The summed E-state index contributed by atoms with van der Waals surface area (Å²) in [4.78, 5) is 28.6. The van der Waals surface area contributed by atoms with Crippen molar-refractivity contribution in [2.24, 2.45) is 0 Å². The molecule has 0 aliphatic rings. The van der Waals surface area contributed by atoms with Crippen molar-refractivity contribution < 1.29 is 9.53 Å². The topological polar surface area (TPSA) is 94.3 Å². The number of carbonyl (C=O) groups is 1. The number of hydrogen-bond acceptors (Lipinski definition) is 6. The van der Waals surface area contributed by atoms with Gasteiger partial charge in [-0.15, -0.1) is 0 Å². The smallest absolute Gasteiger partial charge is 0.258 e. The molecule has 4 aromatic rings. The number of ether oxygens (including phenoxy) is 1. The lowest BCUT2D eigenvalue weighted by Crippen LogP contribution is -2.29. The maximum Gasteiger partial charge on any atom is 0.258 e. The van der Waals surface area contributed by atoms with Crippen LogP contribution in [0.5, 0.6) is 5.88 Å². The van der Waals surface area contributed by atoms with Gasteiger partial charge in [-0.1, -0.05) is 12.1 Å². The molecule has 124 valence electrons. The van der Waals surface area contributed by atoms with E-state index < -0.39 is 0 Å². The largest absolute Gasteiger partial charge is 0.467 e. The molecule has 1 N–H and O–H groups in total. The fraction of sp³-hybridized carbons (Fsp3) is 0.118. The molecule has 0 bridgehead atoms. The molecule has 1 amide bonds. The lowest BCUT2D eigenvalue weighted by Gasteiger charge is -2.08. The summed E-state index contributed by atoms with van der Waals surface area (Å²) in [5, 5.41) is 3.58. The Labute approximate surface area is 142 Å². The fourth-order valence-electron chi connectivity index (χ4n) is 2.49. The van der Waals surface area contributed by atoms with Crippen LogP contribution in [0.15, 0.2) is 55.4 Å². The Morgan fingerprint density at radius 2 is 2.08 bits per heavy atom.